The zero-order valence-electron chi connectivity index (χ0n) is 26.8. The number of thiophene rings is 1. The molecule has 0 saturated carbocycles. The van der Waals surface area contributed by atoms with E-state index < -0.39 is 9.84 Å². The summed E-state index contributed by atoms with van der Waals surface area (Å²) in [6, 6.07) is 8.28. The molecule has 1 unspecified atom stereocenters. The fourth-order valence-corrected chi connectivity index (χ4v) is 10.9. The van der Waals surface area contributed by atoms with Gasteiger partial charge in [0.1, 0.15) is 5.82 Å². The molecule has 2 aliphatic heterocycles. The molecule has 244 valence electrons. The highest BCUT2D eigenvalue weighted by Gasteiger charge is 2.43. The molecule has 0 amide bonds. The Morgan fingerprint density at radius 3 is 2.70 bits per heavy atom. The van der Waals surface area contributed by atoms with Crippen LogP contribution in [0.1, 0.15) is 80.0 Å². The molecule has 1 saturated heterocycles. The predicted molar refractivity (Wildman–Crippen MR) is 181 cm³/mol. The van der Waals surface area contributed by atoms with Gasteiger partial charge in [-0.3, -0.25) is 9.97 Å². The maximum Gasteiger partial charge on any atom is 0.260 e. The van der Waals surface area contributed by atoms with Gasteiger partial charge in [0.25, 0.3) is 5.89 Å². The van der Waals surface area contributed by atoms with E-state index in [1.54, 1.807) is 18.3 Å². The molecule has 1 fully saturated rings. The summed E-state index contributed by atoms with van der Waals surface area (Å²) in [5.74, 6) is 2.05. The highest BCUT2D eigenvalue weighted by molar-refractivity contribution is 7.92. The number of aromatic nitrogens is 5. The van der Waals surface area contributed by atoms with Gasteiger partial charge in [-0.15, -0.1) is 11.3 Å². The van der Waals surface area contributed by atoms with E-state index in [1.807, 2.05) is 24.5 Å². The van der Waals surface area contributed by atoms with Crippen LogP contribution in [0.15, 0.2) is 46.1 Å². The van der Waals surface area contributed by atoms with Crippen LogP contribution < -0.4 is 5.32 Å². The van der Waals surface area contributed by atoms with Crippen molar-refractivity contribution in [1.82, 2.24) is 25.1 Å². The Morgan fingerprint density at radius 2 is 1.91 bits per heavy atom. The number of ether oxygens (including phenoxy) is 1. The molecule has 47 heavy (non-hydrogen) atoms. The fraction of sp³-hybridized carbons (Fsp3) is 0.457. The van der Waals surface area contributed by atoms with E-state index in [9.17, 15) is 8.42 Å². The van der Waals surface area contributed by atoms with Crippen molar-refractivity contribution in [2.75, 3.05) is 24.3 Å². The summed E-state index contributed by atoms with van der Waals surface area (Å²) in [5.41, 5.74) is 5.07. The van der Waals surface area contributed by atoms with Crippen LogP contribution in [0.4, 0.5) is 5.82 Å². The van der Waals surface area contributed by atoms with Crippen LogP contribution in [-0.2, 0) is 27.4 Å². The number of hydrogen-bond acceptors (Lipinski definition) is 11. The largest absolute Gasteiger partial charge is 0.381 e. The van der Waals surface area contributed by atoms with E-state index in [4.69, 9.17) is 19.2 Å². The summed E-state index contributed by atoms with van der Waals surface area (Å²) in [6.45, 7) is 7.47. The van der Waals surface area contributed by atoms with E-state index in [0.717, 1.165) is 77.5 Å². The summed E-state index contributed by atoms with van der Waals surface area (Å²) >= 11 is 1.55. The Hall–Kier alpha value is -3.74. The number of hydrogen-bond donors (Lipinski definition) is 1. The van der Waals surface area contributed by atoms with E-state index in [-0.39, 0.29) is 23.6 Å². The van der Waals surface area contributed by atoms with Crippen LogP contribution in [0.2, 0.25) is 0 Å². The Morgan fingerprint density at radius 1 is 1.06 bits per heavy atom. The molecule has 1 N–H and O–H groups in total. The average molecular weight is 671 g/mol. The van der Waals surface area contributed by atoms with Crippen molar-refractivity contribution in [2.45, 2.75) is 76.2 Å². The number of nitrogens with one attached hydrogen (secondary N) is 1. The third-order valence-electron chi connectivity index (χ3n) is 9.95. The quantitative estimate of drug-likeness (QED) is 0.182. The van der Waals surface area contributed by atoms with Gasteiger partial charge in [0.05, 0.1) is 38.3 Å². The van der Waals surface area contributed by atoms with Crippen LogP contribution >= 0.6 is 11.3 Å². The number of aryl methyl sites for hydroxylation is 3. The maximum absolute atomic E-state index is 14.1. The first-order valence-electron chi connectivity index (χ1n) is 16.5. The summed E-state index contributed by atoms with van der Waals surface area (Å²) in [7, 11) is -3.65. The molecule has 3 aliphatic rings. The summed E-state index contributed by atoms with van der Waals surface area (Å²) in [4.78, 5) is 20.3. The van der Waals surface area contributed by atoms with Crippen molar-refractivity contribution >= 4 is 37.1 Å². The Labute approximate surface area is 278 Å². The van der Waals surface area contributed by atoms with E-state index in [0.29, 0.717) is 45.8 Å². The maximum atomic E-state index is 14.1. The first-order chi connectivity index (χ1) is 22.8. The van der Waals surface area contributed by atoms with Crippen molar-refractivity contribution in [2.24, 2.45) is 11.8 Å². The third kappa shape index (κ3) is 5.53. The summed E-state index contributed by atoms with van der Waals surface area (Å²) in [5, 5.41) is 8.80. The normalized spacial score (nSPS) is 20.6. The van der Waals surface area contributed by atoms with Gasteiger partial charge in [-0.2, -0.15) is 4.98 Å². The van der Waals surface area contributed by atoms with Gasteiger partial charge in [-0.05, 0) is 86.4 Å². The zero-order valence-corrected chi connectivity index (χ0v) is 28.5. The second-order valence-corrected chi connectivity index (χ2v) is 16.4. The zero-order chi connectivity index (χ0) is 32.3. The lowest BCUT2D eigenvalue weighted by Crippen LogP contribution is -2.17. The van der Waals surface area contributed by atoms with Gasteiger partial charge in [0.2, 0.25) is 0 Å². The number of rotatable bonds is 8. The lowest BCUT2D eigenvalue weighted by Gasteiger charge is -2.23. The molecule has 5 aromatic heterocycles. The minimum atomic E-state index is -3.65. The summed E-state index contributed by atoms with van der Waals surface area (Å²) < 4.78 is 40.7. The first-order valence-corrected chi connectivity index (χ1v) is 19.0. The molecule has 8 rings (SSSR count). The number of nitrogens with zero attached hydrogens (tertiary/aromatic N) is 5. The van der Waals surface area contributed by atoms with E-state index in [1.165, 1.54) is 5.56 Å². The molecule has 10 nitrogen and oxygen atoms in total. The van der Waals surface area contributed by atoms with Crippen LogP contribution in [0.5, 0.6) is 0 Å². The molecule has 2 atom stereocenters. The van der Waals surface area contributed by atoms with Gasteiger partial charge in [0.15, 0.2) is 15.7 Å². The molecular weight excluding hydrogens is 633 g/mol. The molecule has 0 aromatic carbocycles. The highest BCUT2D eigenvalue weighted by Crippen LogP contribution is 2.51. The third-order valence-corrected chi connectivity index (χ3v) is 13.0. The van der Waals surface area contributed by atoms with Gasteiger partial charge in [0, 0.05) is 47.7 Å². The van der Waals surface area contributed by atoms with Crippen LogP contribution in [0, 0.1) is 18.8 Å². The van der Waals surface area contributed by atoms with Crippen LogP contribution in [-0.4, -0.2) is 52.5 Å². The first kappa shape index (κ1) is 30.6. The predicted octanol–water partition coefficient (Wildman–Crippen LogP) is 7.10. The lowest BCUT2D eigenvalue weighted by molar-refractivity contribution is 0.0639. The van der Waals surface area contributed by atoms with Crippen molar-refractivity contribution in [3.8, 4) is 21.9 Å². The Balaban J connectivity index is 1.31. The van der Waals surface area contributed by atoms with E-state index >= 15 is 0 Å². The van der Waals surface area contributed by atoms with Crippen molar-refractivity contribution in [3.63, 3.8) is 0 Å². The molecule has 1 aliphatic carbocycles. The van der Waals surface area contributed by atoms with Crippen LogP contribution in [0.3, 0.4) is 0 Å². The highest BCUT2D eigenvalue weighted by atomic mass is 32.2. The minimum Gasteiger partial charge on any atom is -0.381 e. The Bertz CT molecular complexity index is 2080. The number of fused-ring (bicyclic) bond motifs is 3. The standard InChI is InChI=1S/C35H38N6O4S2/c1-19(2)24-18-47(42,43)33-30(29(35-38-20(3)41-45-35)27(39-31(24)33)7-6-21-11-15-44-16-12-21)28-17-22-10-14-37-34(32(22)46-28)40-26-9-8-25-23(26)5-4-13-36-25/h4-5,10,13-14,17,19,21,24,26H,6-9,11-12,15-16,18H2,1-3H3,(H,37,40)/t24?,26-/m0/s1. The molecule has 0 radical (unpaired) electrons. The van der Waals surface area contributed by atoms with Crippen molar-refractivity contribution < 1.29 is 17.7 Å². The van der Waals surface area contributed by atoms with Crippen molar-refractivity contribution in [1.29, 1.82) is 0 Å². The molecule has 0 spiro atoms. The second kappa shape index (κ2) is 12.1. The SMILES string of the molecule is Cc1noc(-c2c(CCC3CCOCC3)nc3c(c2-c2cc4ccnc(N[C@H]5CCc6ncccc65)c4s2)S(=O)(=O)CC3C(C)C)n1. The average Bonchev–Trinajstić information content (AvgIpc) is 3.85. The molecule has 7 heterocycles. The molecule has 12 heteroatoms. The van der Waals surface area contributed by atoms with Gasteiger partial charge >= 0.3 is 0 Å². The van der Waals surface area contributed by atoms with Gasteiger partial charge in [-0.25, -0.2) is 13.4 Å². The smallest absolute Gasteiger partial charge is 0.260 e. The van der Waals surface area contributed by atoms with Gasteiger partial charge in [-0.1, -0.05) is 25.1 Å². The van der Waals surface area contributed by atoms with Crippen molar-refractivity contribution in [3.05, 3.63) is 65.1 Å². The number of pyridine rings is 3. The molecule has 5 aromatic rings. The molecular formula is C35H38N6O4S2. The second-order valence-electron chi connectivity index (χ2n) is 13.4. The topological polar surface area (TPSA) is 133 Å². The number of sulfone groups is 1. The minimum absolute atomic E-state index is 0.0418. The lowest BCUT2D eigenvalue weighted by atomic mass is 9.89. The fourth-order valence-electron chi connectivity index (χ4n) is 7.45. The molecule has 0 bridgehead atoms. The van der Waals surface area contributed by atoms with Crippen LogP contribution in [0.25, 0.3) is 32.0 Å². The number of anilines is 1. The monoisotopic (exact) mass is 670 g/mol. The van der Waals surface area contributed by atoms with Gasteiger partial charge < -0.3 is 14.6 Å². The van der Waals surface area contributed by atoms with E-state index in [2.05, 4.69) is 46.4 Å². The summed E-state index contributed by atoms with van der Waals surface area (Å²) in [6.07, 6.45) is 9.14. The Kier molecular flexibility index (Phi) is 7.84.